The van der Waals surface area contributed by atoms with E-state index in [-0.39, 0.29) is 0 Å². The average Bonchev–Trinajstić information content (AvgIpc) is 3.28. The summed E-state index contributed by atoms with van der Waals surface area (Å²) in [6, 6.07) is 15.2. The molecule has 2 saturated heterocycles. The van der Waals surface area contributed by atoms with Crippen molar-refractivity contribution in [2.24, 2.45) is 0 Å². The first-order chi connectivity index (χ1) is 16.2. The van der Waals surface area contributed by atoms with Gasteiger partial charge in [-0.15, -0.1) is 5.10 Å². The number of likely N-dealkylation sites (N-methyl/N-ethyl adjacent to an activating group) is 1. The summed E-state index contributed by atoms with van der Waals surface area (Å²) in [5, 5.41) is 4.79. The Kier molecular flexibility index (Phi) is 5.49. The maximum Gasteiger partial charge on any atom is 0.170 e. The summed E-state index contributed by atoms with van der Waals surface area (Å²) in [6.07, 6.45) is 0. The van der Waals surface area contributed by atoms with Gasteiger partial charge in [0.25, 0.3) is 0 Å². The van der Waals surface area contributed by atoms with E-state index in [0.29, 0.717) is 6.61 Å². The Hall–Kier alpha value is -2.94. The third-order valence-electron chi connectivity index (χ3n) is 6.80. The third kappa shape index (κ3) is 4.21. The monoisotopic (exact) mass is 446 g/mol. The van der Waals surface area contributed by atoms with Crippen LogP contribution in [-0.2, 0) is 17.9 Å². The van der Waals surface area contributed by atoms with Gasteiger partial charge in [-0.3, -0.25) is 4.90 Å². The van der Waals surface area contributed by atoms with E-state index < -0.39 is 0 Å². The molecule has 8 nitrogen and oxygen atoms in total. The van der Waals surface area contributed by atoms with Crippen molar-refractivity contribution in [1.29, 1.82) is 0 Å². The maximum atomic E-state index is 6.07. The van der Waals surface area contributed by atoms with Crippen molar-refractivity contribution in [2.75, 3.05) is 64.4 Å². The first kappa shape index (κ1) is 20.7. The highest BCUT2D eigenvalue weighted by atomic mass is 16.5. The van der Waals surface area contributed by atoms with E-state index in [4.69, 9.17) is 19.6 Å². The van der Waals surface area contributed by atoms with Crippen molar-refractivity contribution < 1.29 is 9.47 Å². The van der Waals surface area contributed by atoms with E-state index in [1.165, 1.54) is 11.3 Å². The molecule has 3 aliphatic heterocycles. The average molecular weight is 447 g/mol. The molecule has 1 aromatic heterocycles. The van der Waals surface area contributed by atoms with Crippen LogP contribution in [0.2, 0.25) is 0 Å². The second-order valence-corrected chi connectivity index (χ2v) is 9.05. The standard InChI is InChI=1S/C25H30N6O2/c1-28-8-10-30(11-9-28)21-5-2-19(3-6-21)20-4-7-22-23(16-20)33-18-25-26-24(27-31(22)25)17-29-12-14-32-15-13-29/h2-7,16H,8-15,17-18H2,1H3. The van der Waals surface area contributed by atoms with Gasteiger partial charge < -0.3 is 19.3 Å². The fraction of sp³-hybridized carbons (Fsp3) is 0.440. The molecule has 0 atom stereocenters. The first-order valence-electron chi connectivity index (χ1n) is 11.8. The molecule has 8 heteroatoms. The predicted molar refractivity (Wildman–Crippen MR) is 127 cm³/mol. The summed E-state index contributed by atoms with van der Waals surface area (Å²) in [7, 11) is 2.19. The maximum absolute atomic E-state index is 6.07. The number of hydrogen-bond acceptors (Lipinski definition) is 7. The molecule has 0 saturated carbocycles. The molecular weight excluding hydrogens is 416 g/mol. The second kappa shape index (κ2) is 8.78. The van der Waals surface area contributed by atoms with Crippen molar-refractivity contribution in [3.63, 3.8) is 0 Å². The number of benzene rings is 2. The predicted octanol–water partition coefficient (Wildman–Crippen LogP) is 2.41. The largest absolute Gasteiger partial charge is 0.483 e. The van der Waals surface area contributed by atoms with Gasteiger partial charge in [0, 0.05) is 45.0 Å². The Bertz CT molecular complexity index is 1110. The number of nitrogens with zero attached hydrogens (tertiary/aromatic N) is 6. The van der Waals surface area contributed by atoms with Crippen LogP contribution in [0.15, 0.2) is 42.5 Å². The van der Waals surface area contributed by atoms with Crippen LogP contribution < -0.4 is 9.64 Å². The van der Waals surface area contributed by atoms with Crippen LogP contribution in [0.5, 0.6) is 5.75 Å². The third-order valence-corrected chi connectivity index (χ3v) is 6.80. The molecule has 0 unspecified atom stereocenters. The van der Waals surface area contributed by atoms with Gasteiger partial charge in [-0.25, -0.2) is 9.67 Å². The molecule has 3 aliphatic rings. The molecule has 33 heavy (non-hydrogen) atoms. The van der Waals surface area contributed by atoms with E-state index in [2.05, 4.69) is 64.2 Å². The number of rotatable bonds is 4. The van der Waals surface area contributed by atoms with Gasteiger partial charge in [-0.05, 0) is 42.4 Å². The number of fused-ring (bicyclic) bond motifs is 3. The van der Waals surface area contributed by atoms with Crippen molar-refractivity contribution in [1.82, 2.24) is 24.6 Å². The van der Waals surface area contributed by atoms with Gasteiger partial charge in [0.1, 0.15) is 18.0 Å². The topological polar surface area (TPSA) is 58.9 Å². The van der Waals surface area contributed by atoms with Crippen LogP contribution in [0.4, 0.5) is 5.69 Å². The van der Waals surface area contributed by atoms with Crippen molar-refractivity contribution in [3.8, 4) is 22.6 Å². The Morgan fingerprint density at radius 3 is 2.42 bits per heavy atom. The highest BCUT2D eigenvalue weighted by Gasteiger charge is 2.23. The number of aromatic nitrogens is 3. The van der Waals surface area contributed by atoms with Crippen LogP contribution in [0.3, 0.4) is 0 Å². The van der Waals surface area contributed by atoms with Crippen LogP contribution in [0, 0.1) is 0 Å². The molecule has 2 fully saturated rings. The van der Waals surface area contributed by atoms with Crippen LogP contribution >= 0.6 is 0 Å². The van der Waals surface area contributed by atoms with E-state index in [9.17, 15) is 0 Å². The smallest absolute Gasteiger partial charge is 0.170 e. The van der Waals surface area contributed by atoms with Gasteiger partial charge in [-0.2, -0.15) is 0 Å². The Morgan fingerprint density at radius 2 is 1.64 bits per heavy atom. The molecule has 3 aromatic rings. The molecule has 0 N–H and O–H groups in total. The van der Waals surface area contributed by atoms with Crippen LogP contribution in [-0.4, -0.2) is 84.1 Å². The summed E-state index contributed by atoms with van der Waals surface area (Å²) in [4.78, 5) is 11.9. The molecule has 0 radical (unpaired) electrons. The summed E-state index contributed by atoms with van der Waals surface area (Å²) in [6.45, 7) is 8.97. The lowest BCUT2D eigenvalue weighted by Gasteiger charge is -2.34. The lowest BCUT2D eigenvalue weighted by molar-refractivity contribution is 0.0330. The molecule has 6 rings (SSSR count). The highest BCUT2D eigenvalue weighted by molar-refractivity contribution is 5.70. The van der Waals surface area contributed by atoms with Crippen LogP contribution in [0.25, 0.3) is 16.8 Å². The molecule has 2 aromatic carbocycles. The van der Waals surface area contributed by atoms with E-state index in [1.54, 1.807) is 0 Å². The summed E-state index contributed by atoms with van der Waals surface area (Å²) >= 11 is 0. The van der Waals surface area contributed by atoms with E-state index in [1.807, 2.05) is 4.68 Å². The van der Waals surface area contributed by atoms with Gasteiger partial charge in [0.2, 0.25) is 0 Å². The van der Waals surface area contributed by atoms with Crippen molar-refractivity contribution in [2.45, 2.75) is 13.2 Å². The zero-order valence-corrected chi connectivity index (χ0v) is 19.1. The Labute approximate surface area is 194 Å². The van der Waals surface area contributed by atoms with Crippen molar-refractivity contribution >= 4 is 5.69 Å². The van der Waals surface area contributed by atoms with Gasteiger partial charge >= 0.3 is 0 Å². The van der Waals surface area contributed by atoms with Gasteiger partial charge in [-0.1, -0.05) is 18.2 Å². The molecule has 172 valence electrons. The lowest BCUT2D eigenvalue weighted by atomic mass is 10.0. The fourth-order valence-electron chi connectivity index (χ4n) is 4.76. The number of hydrogen-bond donors (Lipinski definition) is 0. The number of ether oxygens (including phenoxy) is 2. The van der Waals surface area contributed by atoms with E-state index >= 15 is 0 Å². The Balaban J connectivity index is 1.20. The molecule has 0 aliphatic carbocycles. The second-order valence-electron chi connectivity index (χ2n) is 9.05. The van der Waals surface area contributed by atoms with Crippen molar-refractivity contribution in [3.05, 3.63) is 54.1 Å². The lowest BCUT2D eigenvalue weighted by Crippen LogP contribution is -2.44. The summed E-state index contributed by atoms with van der Waals surface area (Å²) in [5.74, 6) is 2.55. The van der Waals surface area contributed by atoms with Gasteiger partial charge in [0.15, 0.2) is 11.6 Å². The Morgan fingerprint density at radius 1 is 0.879 bits per heavy atom. The summed E-state index contributed by atoms with van der Waals surface area (Å²) < 4.78 is 13.5. The number of anilines is 1. The quantitative estimate of drug-likeness (QED) is 0.610. The fourth-order valence-corrected chi connectivity index (χ4v) is 4.76. The molecule has 0 amide bonds. The molecule has 4 heterocycles. The first-order valence-corrected chi connectivity index (χ1v) is 11.8. The SMILES string of the molecule is CN1CCN(c2ccc(-c3ccc4c(c3)OCc3nc(CN5CCOCC5)nn3-4)cc2)CC1. The highest BCUT2D eigenvalue weighted by Crippen LogP contribution is 2.34. The minimum atomic E-state index is 0.439. The summed E-state index contributed by atoms with van der Waals surface area (Å²) in [5.41, 5.74) is 4.59. The zero-order chi connectivity index (χ0) is 22.2. The van der Waals surface area contributed by atoms with E-state index in [0.717, 1.165) is 87.7 Å². The normalized spacial score (nSPS) is 19.1. The number of morpholine rings is 1. The molecule has 0 bridgehead atoms. The minimum Gasteiger partial charge on any atom is -0.483 e. The number of piperazine rings is 1. The minimum absolute atomic E-state index is 0.439. The van der Waals surface area contributed by atoms with Crippen LogP contribution in [0.1, 0.15) is 11.6 Å². The zero-order valence-electron chi connectivity index (χ0n) is 19.1. The van der Waals surface area contributed by atoms with Gasteiger partial charge in [0.05, 0.1) is 19.8 Å². The molecular formula is C25H30N6O2. The molecule has 0 spiro atoms.